The van der Waals surface area contributed by atoms with E-state index in [1.165, 1.54) is 7.11 Å². The first-order valence-corrected chi connectivity index (χ1v) is 9.37. The zero-order chi connectivity index (χ0) is 17.5. The predicted octanol–water partition coefficient (Wildman–Crippen LogP) is 3.51. The third-order valence-electron chi connectivity index (χ3n) is 3.31. The van der Waals surface area contributed by atoms with E-state index in [1.807, 2.05) is 36.8 Å². The van der Waals surface area contributed by atoms with Crippen LogP contribution in [-0.2, 0) is 9.53 Å². The van der Waals surface area contributed by atoms with Crippen LogP contribution in [0.25, 0.3) is 0 Å². The SMILES string of the molecule is COc1cc(SC)ccc1C(=O)OCC(=O)NC(C)c1cccs1. The number of thiophene rings is 1. The number of nitrogens with one attached hydrogen (secondary N) is 1. The van der Waals surface area contributed by atoms with E-state index in [4.69, 9.17) is 9.47 Å². The van der Waals surface area contributed by atoms with E-state index in [1.54, 1.807) is 35.2 Å². The Labute approximate surface area is 149 Å². The number of ether oxygens (including phenoxy) is 2. The topological polar surface area (TPSA) is 64.6 Å². The Kier molecular flexibility index (Phi) is 6.69. The van der Waals surface area contributed by atoms with Crippen molar-refractivity contribution in [3.8, 4) is 5.75 Å². The van der Waals surface area contributed by atoms with Gasteiger partial charge in [0, 0.05) is 9.77 Å². The molecular formula is C17H19NO4S2. The second-order valence-electron chi connectivity index (χ2n) is 4.95. The average molecular weight is 365 g/mol. The van der Waals surface area contributed by atoms with Crippen LogP contribution in [0.2, 0.25) is 0 Å². The van der Waals surface area contributed by atoms with Gasteiger partial charge in [-0.3, -0.25) is 4.79 Å². The smallest absolute Gasteiger partial charge is 0.342 e. The van der Waals surface area contributed by atoms with Gasteiger partial charge in [0.1, 0.15) is 11.3 Å². The van der Waals surface area contributed by atoms with Gasteiger partial charge >= 0.3 is 5.97 Å². The van der Waals surface area contributed by atoms with Gasteiger partial charge in [-0.15, -0.1) is 23.1 Å². The lowest BCUT2D eigenvalue weighted by Crippen LogP contribution is -2.30. The number of benzene rings is 1. The van der Waals surface area contributed by atoms with Crippen molar-refractivity contribution in [3.63, 3.8) is 0 Å². The maximum absolute atomic E-state index is 12.2. The molecule has 128 valence electrons. The van der Waals surface area contributed by atoms with Crippen molar-refractivity contribution in [2.45, 2.75) is 17.9 Å². The van der Waals surface area contributed by atoms with E-state index >= 15 is 0 Å². The van der Waals surface area contributed by atoms with Gasteiger partial charge in [-0.25, -0.2) is 4.79 Å². The second kappa shape index (κ2) is 8.75. The quantitative estimate of drug-likeness (QED) is 0.601. The van der Waals surface area contributed by atoms with Gasteiger partial charge in [-0.05, 0) is 42.8 Å². The molecule has 24 heavy (non-hydrogen) atoms. The van der Waals surface area contributed by atoms with Crippen molar-refractivity contribution in [3.05, 3.63) is 46.2 Å². The molecule has 7 heteroatoms. The van der Waals surface area contributed by atoms with E-state index in [9.17, 15) is 9.59 Å². The highest BCUT2D eigenvalue weighted by atomic mass is 32.2. The fourth-order valence-electron chi connectivity index (χ4n) is 2.07. The molecule has 0 aliphatic heterocycles. The van der Waals surface area contributed by atoms with Crippen LogP contribution in [-0.4, -0.2) is 31.8 Å². The lowest BCUT2D eigenvalue weighted by atomic mass is 10.2. The van der Waals surface area contributed by atoms with Crippen molar-refractivity contribution in [2.24, 2.45) is 0 Å². The Balaban J connectivity index is 1.92. The molecule has 0 spiro atoms. The highest BCUT2D eigenvalue weighted by molar-refractivity contribution is 7.98. The summed E-state index contributed by atoms with van der Waals surface area (Å²) in [6.07, 6.45) is 1.94. The lowest BCUT2D eigenvalue weighted by molar-refractivity contribution is -0.124. The van der Waals surface area contributed by atoms with E-state index in [0.717, 1.165) is 9.77 Å². The molecule has 0 fully saturated rings. The van der Waals surface area contributed by atoms with Gasteiger partial charge in [0.05, 0.1) is 13.2 Å². The third-order valence-corrected chi connectivity index (χ3v) is 5.09. The minimum absolute atomic E-state index is 0.119. The molecule has 1 atom stereocenters. The molecule has 0 saturated heterocycles. The number of amides is 1. The maximum Gasteiger partial charge on any atom is 0.342 e. The molecule has 0 saturated carbocycles. The van der Waals surface area contributed by atoms with Crippen molar-refractivity contribution >= 4 is 35.0 Å². The molecule has 1 aromatic heterocycles. The highest BCUT2D eigenvalue weighted by Gasteiger charge is 2.17. The summed E-state index contributed by atoms with van der Waals surface area (Å²) in [6.45, 7) is 1.55. The van der Waals surface area contributed by atoms with Crippen LogP contribution in [0.5, 0.6) is 5.75 Å². The second-order valence-corrected chi connectivity index (χ2v) is 6.81. The molecule has 1 aromatic carbocycles. The molecular weight excluding hydrogens is 346 g/mol. The number of carbonyl (C=O) groups is 2. The standard InChI is InChI=1S/C17H19NO4S2/c1-11(15-5-4-8-24-15)18-16(19)10-22-17(20)13-7-6-12(23-3)9-14(13)21-2/h4-9,11H,10H2,1-3H3,(H,18,19). The zero-order valence-corrected chi connectivity index (χ0v) is 15.3. The number of carbonyl (C=O) groups excluding carboxylic acids is 2. The van der Waals surface area contributed by atoms with Gasteiger partial charge in [0.2, 0.25) is 0 Å². The summed E-state index contributed by atoms with van der Waals surface area (Å²) in [5.74, 6) is -0.499. The lowest BCUT2D eigenvalue weighted by Gasteiger charge is -2.13. The minimum atomic E-state index is -0.585. The molecule has 1 N–H and O–H groups in total. The van der Waals surface area contributed by atoms with Crippen molar-refractivity contribution in [1.82, 2.24) is 5.32 Å². The first-order valence-electron chi connectivity index (χ1n) is 7.27. The van der Waals surface area contributed by atoms with E-state index in [-0.39, 0.29) is 18.6 Å². The molecule has 1 heterocycles. The molecule has 2 rings (SSSR count). The van der Waals surface area contributed by atoms with Crippen LogP contribution in [0.1, 0.15) is 28.2 Å². The molecule has 2 aromatic rings. The molecule has 0 aliphatic carbocycles. The summed E-state index contributed by atoms with van der Waals surface area (Å²) in [6, 6.07) is 8.96. The van der Waals surface area contributed by atoms with Crippen LogP contribution in [0.15, 0.2) is 40.6 Å². The summed E-state index contributed by atoms with van der Waals surface area (Å²) in [7, 11) is 1.49. The largest absolute Gasteiger partial charge is 0.496 e. The number of hydrogen-bond acceptors (Lipinski definition) is 6. The first-order chi connectivity index (χ1) is 11.5. The monoisotopic (exact) mass is 365 g/mol. The van der Waals surface area contributed by atoms with Crippen LogP contribution < -0.4 is 10.1 Å². The van der Waals surface area contributed by atoms with Crippen molar-refractivity contribution in [1.29, 1.82) is 0 Å². The van der Waals surface area contributed by atoms with Crippen LogP contribution in [0, 0.1) is 0 Å². The summed E-state index contributed by atoms with van der Waals surface area (Å²) in [5, 5.41) is 4.74. The molecule has 0 aliphatic rings. The summed E-state index contributed by atoms with van der Waals surface area (Å²) in [4.78, 5) is 26.1. The molecule has 0 radical (unpaired) electrons. The molecule has 5 nitrogen and oxygen atoms in total. The summed E-state index contributed by atoms with van der Waals surface area (Å²) < 4.78 is 10.3. The first kappa shape index (κ1) is 18.4. The van der Waals surface area contributed by atoms with Gasteiger partial charge in [0.25, 0.3) is 5.91 Å². The normalized spacial score (nSPS) is 11.6. The van der Waals surface area contributed by atoms with Crippen LogP contribution in [0.4, 0.5) is 0 Å². The summed E-state index contributed by atoms with van der Waals surface area (Å²) in [5.41, 5.74) is 0.300. The molecule has 1 amide bonds. The number of thioether (sulfide) groups is 1. The fraction of sp³-hybridized carbons (Fsp3) is 0.294. The Morgan fingerprint density at radius 3 is 2.75 bits per heavy atom. The average Bonchev–Trinajstić information content (AvgIpc) is 3.13. The Morgan fingerprint density at radius 2 is 2.12 bits per heavy atom. The number of hydrogen-bond donors (Lipinski definition) is 1. The Hall–Kier alpha value is -1.99. The van der Waals surface area contributed by atoms with Gasteiger partial charge in [-0.1, -0.05) is 6.07 Å². The number of esters is 1. The van der Waals surface area contributed by atoms with E-state index < -0.39 is 5.97 Å². The van der Waals surface area contributed by atoms with E-state index in [2.05, 4.69) is 5.32 Å². The van der Waals surface area contributed by atoms with Crippen LogP contribution in [0.3, 0.4) is 0 Å². The molecule has 1 unspecified atom stereocenters. The number of methoxy groups -OCH3 is 1. The van der Waals surface area contributed by atoms with Crippen LogP contribution >= 0.6 is 23.1 Å². The highest BCUT2D eigenvalue weighted by Crippen LogP contribution is 2.26. The molecule has 0 bridgehead atoms. The van der Waals surface area contributed by atoms with Crippen molar-refractivity contribution in [2.75, 3.05) is 20.0 Å². The van der Waals surface area contributed by atoms with Crippen molar-refractivity contribution < 1.29 is 19.1 Å². The minimum Gasteiger partial charge on any atom is -0.496 e. The van der Waals surface area contributed by atoms with Gasteiger partial charge in [-0.2, -0.15) is 0 Å². The third kappa shape index (κ3) is 4.75. The number of rotatable bonds is 7. The predicted molar refractivity (Wildman–Crippen MR) is 95.9 cm³/mol. The maximum atomic E-state index is 12.2. The van der Waals surface area contributed by atoms with Gasteiger partial charge in [0.15, 0.2) is 6.61 Å². The Bertz CT molecular complexity index is 701. The summed E-state index contributed by atoms with van der Waals surface area (Å²) >= 11 is 3.11. The fourth-order valence-corrected chi connectivity index (χ4v) is 3.23. The zero-order valence-electron chi connectivity index (χ0n) is 13.7. The Morgan fingerprint density at radius 1 is 1.33 bits per heavy atom. The van der Waals surface area contributed by atoms with E-state index in [0.29, 0.717) is 11.3 Å². The van der Waals surface area contributed by atoms with Gasteiger partial charge < -0.3 is 14.8 Å².